The Balaban J connectivity index is 1.37. The fraction of sp³-hybridized carbons (Fsp3) is 0.600. The van der Waals surface area contributed by atoms with Gasteiger partial charge in [-0.05, 0) is 49.3 Å². The summed E-state index contributed by atoms with van der Waals surface area (Å²) in [5.74, 6) is 0.898. The van der Waals surface area contributed by atoms with Crippen molar-refractivity contribution in [3.8, 4) is 6.07 Å². The van der Waals surface area contributed by atoms with Crippen molar-refractivity contribution in [1.82, 2.24) is 9.80 Å². The molecule has 2 aliphatic heterocycles. The van der Waals surface area contributed by atoms with E-state index >= 15 is 0 Å². The number of likely N-dealkylation sites (tertiary alicyclic amines) is 2. The predicted molar refractivity (Wildman–Crippen MR) is 93.6 cm³/mol. The summed E-state index contributed by atoms with van der Waals surface area (Å²) in [5.41, 5.74) is 1.48. The maximum atomic E-state index is 12.3. The van der Waals surface area contributed by atoms with E-state index in [1.165, 1.54) is 12.8 Å². The number of hydrogen-bond donors (Lipinski definition) is 1. The number of aliphatic hydroxyl groups excluding tert-OH is 1. The molecule has 2 saturated heterocycles. The van der Waals surface area contributed by atoms with E-state index in [1.54, 1.807) is 12.1 Å². The van der Waals surface area contributed by atoms with Crippen molar-refractivity contribution in [1.29, 1.82) is 5.26 Å². The number of carbonyl (C=O) groups excluding carboxylic acids is 1. The van der Waals surface area contributed by atoms with E-state index < -0.39 is 6.10 Å². The average molecular weight is 339 g/mol. The summed E-state index contributed by atoms with van der Waals surface area (Å²) in [5, 5.41) is 19.4. The normalized spacial score (nSPS) is 28.3. The number of benzene rings is 1. The monoisotopic (exact) mass is 339 g/mol. The largest absolute Gasteiger partial charge is 0.387 e. The molecule has 3 atom stereocenters. The third-order valence-corrected chi connectivity index (χ3v) is 5.95. The van der Waals surface area contributed by atoms with Gasteiger partial charge in [0.1, 0.15) is 0 Å². The summed E-state index contributed by atoms with van der Waals surface area (Å²) < 4.78 is 0. The van der Waals surface area contributed by atoms with Gasteiger partial charge in [-0.25, -0.2) is 0 Å². The second kappa shape index (κ2) is 6.78. The Labute approximate surface area is 148 Å². The standard InChI is InChI=1S/C20H25N3O2/c21-11-14-1-3-15(4-2-14)19(24)13-22-10-9-18-16(12-22)5-8-20(25)23(18)17-6-7-17/h1-4,16-19,24H,5-10,12-13H2. The molecule has 3 fully saturated rings. The number of rotatable bonds is 4. The van der Waals surface area contributed by atoms with Gasteiger partial charge in [0.05, 0.1) is 17.7 Å². The summed E-state index contributed by atoms with van der Waals surface area (Å²) >= 11 is 0. The smallest absolute Gasteiger partial charge is 0.223 e. The zero-order chi connectivity index (χ0) is 17.4. The van der Waals surface area contributed by atoms with Crippen LogP contribution in [-0.2, 0) is 4.79 Å². The van der Waals surface area contributed by atoms with Crippen LogP contribution >= 0.6 is 0 Å². The van der Waals surface area contributed by atoms with Crippen LogP contribution in [0.3, 0.4) is 0 Å². The molecule has 4 rings (SSSR count). The van der Waals surface area contributed by atoms with Gasteiger partial charge in [0.15, 0.2) is 0 Å². The molecule has 3 unspecified atom stereocenters. The first kappa shape index (κ1) is 16.6. The van der Waals surface area contributed by atoms with Crippen LogP contribution < -0.4 is 0 Å². The number of carbonyl (C=O) groups is 1. The maximum absolute atomic E-state index is 12.3. The minimum atomic E-state index is -0.533. The number of aliphatic hydroxyl groups is 1. The molecule has 1 aromatic carbocycles. The zero-order valence-corrected chi connectivity index (χ0v) is 14.5. The highest BCUT2D eigenvalue weighted by molar-refractivity contribution is 5.78. The highest BCUT2D eigenvalue weighted by Crippen LogP contribution is 2.39. The summed E-state index contributed by atoms with van der Waals surface area (Å²) in [6.07, 6.45) is 4.51. The molecular formula is C20H25N3O2. The Morgan fingerprint density at radius 2 is 1.96 bits per heavy atom. The van der Waals surface area contributed by atoms with Crippen LogP contribution in [0.2, 0.25) is 0 Å². The van der Waals surface area contributed by atoms with Crippen molar-refractivity contribution < 1.29 is 9.90 Å². The van der Waals surface area contributed by atoms with Crippen LogP contribution in [0.5, 0.6) is 0 Å². The Hall–Kier alpha value is -1.90. The summed E-state index contributed by atoms with van der Waals surface area (Å²) in [6.45, 7) is 2.52. The third kappa shape index (κ3) is 3.42. The lowest BCUT2D eigenvalue weighted by atomic mass is 9.83. The Bertz CT molecular complexity index is 677. The fourth-order valence-electron chi connectivity index (χ4n) is 4.49. The summed E-state index contributed by atoms with van der Waals surface area (Å²) in [6, 6.07) is 10.2. The topological polar surface area (TPSA) is 67.6 Å². The molecule has 0 aromatic heterocycles. The third-order valence-electron chi connectivity index (χ3n) is 5.95. The van der Waals surface area contributed by atoms with E-state index in [9.17, 15) is 9.90 Å². The predicted octanol–water partition coefficient (Wildman–Crippen LogP) is 2.07. The quantitative estimate of drug-likeness (QED) is 0.912. The molecular weight excluding hydrogens is 314 g/mol. The molecule has 25 heavy (non-hydrogen) atoms. The summed E-state index contributed by atoms with van der Waals surface area (Å²) in [7, 11) is 0. The lowest BCUT2D eigenvalue weighted by molar-refractivity contribution is -0.142. The van der Waals surface area contributed by atoms with Gasteiger partial charge in [-0.15, -0.1) is 0 Å². The SMILES string of the molecule is N#Cc1ccc(C(O)CN2CCC3C(CCC(=O)N3C3CC3)C2)cc1. The number of β-amino-alcohol motifs (C(OH)–C–C–N with tert-alkyl or cyclic N) is 1. The van der Waals surface area contributed by atoms with Gasteiger partial charge in [0.25, 0.3) is 0 Å². The molecule has 0 spiro atoms. The molecule has 5 heteroatoms. The van der Waals surface area contributed by atoms with Crippen molar-refractivity contribution >= 4 is 5.91 Å². The van der Waals surface area contributed by atoms with E-state index in [0.717, 1.165) is 31.5 Å². The van der Waals surface area contributed by atoms with Gasteiger partial charge in [0.2, 0.25) is 5.91 Å². The molecule has 1 aromatic rings. The first-order valence-corrected chi connectivity index (χ1v) is 9.37. The van der Waals surface area contributed by atoms with Crippen molar-refractivity contribution in [2.45, 2.75) is 50.3 Å². The van der Waals surface area contributed by atoms with Gasteiger partial charge in [0, 0.05) is 38.1 Å². The average Bonchev–Trinajstić information content (AvgIpc) is 3.46. The van der Waals surface area contributed by atoms with Crippen LogP contribution in [0.25, 0.3) is 0 Å². The minimum Gasteiger partial charge on any atom is -0.387 e. The summed E-state index contributed by atoms with van der Waals surface area (Å²) in [4.78, 5) is 16.8. The molecule has 1 aliphatic carbocycles. The van der Waals surface area contributed by atoms with Gasteiger partial charge in [-0.3, -0.25) is 9.69 Å². The second-order valence-electron chi connectivity index (χ2n) is 7.70. The number of fused-ring (bicyclic) bond motifs is 1. The molecule has 132 valence electrons. The van der Waals surface area contributed by atoms with E-state index in [2.05, 4.69) is 15.9 Å². The molecule has 0 bridgehead atoms. The van der Waals surface area contributed by atoms with Gasteiger partial charge < -0.3 is 10.0 Å². The Morgan fingerprint density at radius 1 is 1.20 bits per heavy atom. The first-order chi connectivity index (χ1) is 12.2. The van der Waals surface area contributed by atoms with Crippen molar-refractivity contribution in [2.24, 2.45) is 5.92 Å². The highest BCUT2D eigenvalue weighted by atomic mass is 16.3. The van der Waals surface area contributed by atoms with Crippen molar-refractivity contribution in [3.63, 3.8) is 0 Å². The van der Waals surface area contributed by atoms with Gasteiger partial charge >= 0.3 is 0 Å². The molecule has 1 amide bonds. The van der Waals surface area contributed by atoms with Gasteiger partial charge in [-0.1, -0.05) is 12.1 Å². The van der Waals surface area contributed by atoms with Crippen LogP contribution in [0, 0.1) is 17.2 Å². The number of piperidine rings is 2. The molecule has 3 aliphatic rings. The lowest BCUT2D eigenvalue weighted by Gasteiger charge is -2.47. The molecule has 2 heterocycles. The van der Waals surface area contributed by atoms with Crippen LogP contribution in [0.15, 0.2) is 24.3 Å². The van der Waals surface area contributed by atoms with E-state index in [0.29, 0.717) is 42.4 Å². The van der Waals surface area contributed by atoms with Crippen LogP contribution in [0.4, 0.5) is 0 Å². The number of nitriles is 1. The Kier molecular flexibility index (Phi) is 4.49. The van der Waals surface area contributed by atoms with Crippen molar-refractivity contribution in [3.05, 3.63) is 35.4 Å². The number of hydrogen-bond acceptors (Lipinski definition) is 4. The van der Waals surface area contributed by atoms with Crippen LogP contribution in [-0.4, -0.2) is 52.5 Å². The first-order valence-electron chi connectivity index (χ1n) is 9.37. The zero-order valence-electron chi connectivity index (χ0n) is 14.5. The van der Waals surface area contributed by atoms with Gasteiger partial charge in [-0.2, -0.15) is 5.26 Å². The number of nitrogens with zero attached hydrogens (tertiary/aromatic N) is 3. The Morgan fingerprint density at radius 3 is 2.64 bits per heavy atom. The van der Waals surface area contributed by atoms with Crippen LogP contribution in [0.1, 0.15) is 49.3 Å². The second-order valence-corrected chi connectivity index (χ2v) is 7.70. The van der Waals surface area contributed by atoms with E-state index in [-0.39, 0.29) is 0 Å². The molecule has 5 nitrogen and oxygen atoms in total. The highest BCUT2D eigenvalue weighted by Gasteiger charge is 2.45. The fourth-order valence-corrected chi connectivity index (χ4v) is 4.49. The molecule has 1 saturated carbocycles. The lowest BCUT2D eigenvalue weighted by Crippen LogP contribution is -2.57. The molecule has 1 N–H and O–H groups in total. The van der Waals surface area contributed by atoms with E-state index in [1.807, 2.05) is 12.1 Å². The minimum absolute atomic E-state index is 0.356. The van der Waals surface area contributed by atoms with Crippen molar-refractivity contribution in [2.75, 3.05) is 19.6 Å². The molecule has 0 radical (unpaired) electrons. The van der Waals surface area contributed by atoms with E-state index in [4.69, 9.17) is 5.26 Å². The number of amides is 1. The maximum Gasteiger partial charge on any atom is 0.223 e.